The van der Waals surface area contributed by atoms with Crippen LogP contribution in [0.25, 0.3) is 0 Å². The number of hydrogen-bond donors (Lipinski definition) is 0. The molecular weight excluding hydrogens is 264 g/mol. The summed E-state index contributed by atoms with van der Waals surface area (Å²) in [5, 5.41) is 0. The Morgan fingerprint density at radius 1 is 0.952 bits per heavy atom. The first-order valence-corrected chi connectivity index (χ1v) is 7.21. The summed E-state index contributed by atoms with van der Waals surface area (Å²) in [6, 6.07) is 15.3. The van der Waals surface area contributed by atoms with Gasteiger partial charge in [-0.1, -0.05) is 31.2 Å². The van der Waals surface area contributed by atoms with Crippen LogP contribution in [0.1, 0.15) is 29.3 Å². The predicted molar refractivity (Wildman–Crippen MR) is 83.3 cm³/mol. The third-order valence-electron chi connectivity index (χ3n) is 3.15. The molecule has 0 heterocycles. The average Bonchev–Trinajstić information content (AvgIpc) is 2.55. The van der Waals surface area contributed by atoms with Crippen molar-refractivity contribution in [1.82, 2.24) is 0 Å². The lowest BCUT2D eigenvalue weighted by molar-refractivity contribution is 0.112. The lowest BCUT2D eigenvalue weighted by Crippen LogP contribution is -2.05. The molecule has 0 saturated carbocycles. The molecular formula is C18H20O3. The standard InChI is InChI=1S/C18H20O3/c1-2-15-7-9-17(10-8-15)20-11-4-12-21-18-6-3-5-16(13-18)14-19/h3,5-10,13-14H,2,4,11-12H2,1H3. The largest absolute Gasteiger partial charge is 0.493 e. The van der Waals surface area contributed by atoms with E-state index < -0.39 is 0 Å². The number of carbonyl (C=O) groups is 1. The minimum Gasteiger partial charge on any atom is -0.493 e. The molecule has 0 spiro atoms. The van der Waals surface area contributed by atoms with E-state index in [4.69, 9.17) is 9.47 Å². The van der Waals surface area contributed by atoms with Gasteiger partial charge in [0.25, 0.3) is 0 Å². The maximum atomic E-state index is 10.7. The van der Waals surface area contributed by atoms with Gasteiger partial charge in [-0.2, -0.15) is 0 Å². The van der Waals surface area contributed by atoms with Crippen molar-refractivity contribution in [3.05, 3.63) is 59.7 Å². The summed E-state index contributed by atoms with van der Waals surface area (Å²) in [6.07, 6.45) is 2.64. The van der Waals surface area contributed by atoms with Crippen molar-refractivity contribution in [2.24, 2.45) is 0 Å². The molecule has 110 valence electrons. The maximum absolute atomic E-state index is 10.7. The van der Waals surface area contributed by atoms with Crippen LogP contribution < -0.4 is 9.47 Å². The van der Waals surface area contributed by atoms with E-state index in [-0.39, 0.29) is 0 Å². The Bertz CT molecular complexity index is 561. The zero-order valence-corrected chi connectivity index (χ0v) is 12.2. The van der Waals surface area contributed by atoms with Crippen LogP contribution in [0.3, 0.4) is 0 Å². The molecule has 0 unspecified atom stereocenters. The Morgan fingerprint density at radius 3 is 2.33 bits per heavy atom. The predicted octanol–water partition coefficient (Wildman–Crippen LogP) is 3.91. The van der Waals surface area contributed by atoms with Gasteiger partial charge in [0.05, 0.1) is 13.2 Å². The van der Waals surface area contributed by atoms with Gasteiger partial charge >= 0.3 is 0 Å². The zero-order chi connectivity index (χ0) is 14.9. The first kappa shape index (κ1) is 15.1. The number of hydrogen-bond acceptors (Lipinski definition) is 3. The van der Waals surface area contributed by atoms with Crippen molar-refractivity contribution < 1.29 is 14.3 Å². The monoisotopic (exact) mass is 284 g/mol. The van der Waals surface area contributed by atoms with Crippen molar-refractivity contribution in [2.75, 3.05) is 13.2 Å². The molecule has 0 amide bonds. The molecule has 0 aliphatic rings. The van der Waals surface area contributed by atoms with Crippen molar-refractivity contribution in [2.45, 2.75) is 19.8 Å². The van der Waals surface area contributed by atoms with Gasteiger partial charge in [-0.05, 0) is 36.2 Å². The van der Waals surface area contributed by atoms with Crippen LogP contribution in [0.5, 0.6) is 11.5 Å². The van der Waals surface area contributed by atoms with Gasteiger partial charge in [0.2, 0.25) is 0 Å². The fourth-order valence-corrected chi connectivity index (χ4v) is 1.94. The van der Waals surface area contributed by atoms with Gasteiger partial charge in [0.1, 0.15) is 17.8 Å². The van der Waals surface area contributed by atoms with E-state index in [9.17, 15) is 4.79 Å². The highest BCUT2D eigenvalue weighted by Gasteiger charge is 1.97. The van der Waals surface area contributed by atoms with Crippen LogP contribution in [0, 0.1) is 0 Å². The highest BCUT2D eigenvalue weighted by molar-refractivity contribution is 5.75. The molecule has 3 nitrogen and oxygen atoms in total. The summed E-state index contributed by atoms with van der Waals surface area (Å²) in [7, 11) is 0. The SMILES string of the molecule is CCc1ccc(OCCCOc2cccc(C=O)c2)cc1. The van der Waals surface area contributed by atoms with Crippen LogP contribution >= 0.6 is 0 Å². The third-order valence-corrected chi connectivity index (χ3v) is 3.15. The second-order valence-electron chi connectivity index (χ2n) is 4.74. The molecule has 0 saturated heterocycles. The van der Waals surface area contributed by atoms with Crippen molar-refractivity contribution in [3.63, 3.8) is 0 Å². The van der Waals surface area contributed by atoms with Gasteiger partial charge in [0, 0.05) is 12.0 Å². The van der Waals surface area contributed by atoms with Crippen LogP contribution in [0.15, 0.2) is 48.5 Å². The molecule has 0 N–H and O–H groups in total. The molecule has 0 aromatic heterocycles. The van der Waals surface area contributed by atoms with E-state index in [1.54, 1.807) is 12.1 Å². The Balaban J connectivity index is 1.68. The molecule has 0 bridgehead atoms. The van der Waals surface area contributed by atoms with Crippen LogP contribution in [-0.4, -0.2) is 19.5 Å². The van der Waals surface area contributed by atoms with E-state index in [1.807, 2.05) is 24.3 Å². The molecule has 0 fully saturated rings. The van der Waals surface area contributed by atoms with Gasteiger partial charge < -0.3 is 9.47 Å². The topological polar surface area (TPSA) is 35.5 Å². The Hall–Kier alpha value is -2.29. The van der Waals surface area contributed by atoms with E-state index >= 15 is 0 Å². The Labute approximate surface area is 125 Å². The lowest BCUT2D eigenvalue weighted by Gasteiger charge is -2.08. The number of carbonyl (C=O) groups excluding carboxylic acids is 1. The molecule has 0 radical (unpaired) electrons. The molecule has 2 rings (SSSR count). The summed E-state index contributed by atoms with van der Waals surface area (Å²) < 4.78 is 11.2. The zero-order valence-electron chi connectivity index (χ0n) is 12.2. The number of ether oxygens (including phenoxy) is 2. The molecule has 2 aromatic carbocycles. The van der Waals surface area contributed by atoms with Crippen molar-refractivity contribution in [3.8, 4) is 11.5 Å². The molecule has 21 heavy (non-hydrogen) atoms. The molecule has 0 aliphatic carbocycles. The minimum absolute atomic E-state index is 0.565. The van der Waals surface area contributed by atoms with Crippen LogP contribution in [0.4, 0.5) is 0 Å². The summed E-state index contributed by atoms with van der Waals surface area (Å²) in [5.41, 5.74) is 1.93. The van der Waals surface area contributed by atoms with E-state index in [0.717, 1.165) is 24.9 Å². The normalized spacial score (nSPS) is 10.1. The summed E-state index contributed by atoms with van der Waals surface area (Å²) >= 11 is 0. The fraction of sp³-hybridized carbons (Fsp3) is 0.278. The van der Waals surface area contributed by atoms with Gasteiger partial charge in [0.15, 0.2) is 0 Å². The van der Waals surface area contributed by atoms with Gasteiger partial charge in [-0.25, -0.2) is 0 Å². The van der Waals surface area contributed by atoms with E-state index in [2.05, 4.69) is 19.1 Å². The Kier molecular flexibility index (Phi) is 5.83. The Morgan fingerprint density at radius 2 is 1.67 bits per heavy atom. The van der Waals surface area contributed by atoms with Crippen LogP contribution in [0.2, 0.25) is 0 Å². The molecule has 0 atom stereocenters. The highest BCUT2D eigenvalue weighted by Crippen LogP contribution is 2.14. The van der Waals surface area contributed by atoms with E-state index in [0.29, 0.717) is 24.5 Å². The average molecular weight is 284 g/mol. The van der Waals surface area contributed by atoms with Crippen molar-refractivity contribution >= 4 is 6.29 Å². The lowest BCUT2D eigenvalue weighted by atomic mass is 10.2. The molecule has 3 heteroatoms. The first-order valence-electron chi connectivity index (χ1n) is 7.21. The highest BCUT2D eigenvalue weighted by atomic mass is 16.5. The summed E-state index contributed by atoms with van der Waals surface area (Å²) in [6.45, 7) is 3.31. The second kappa shape index (κ2) is 8.10. The van der Waals surface area contributed by atoms with E-state index in [1.165, 1.54) is 5.56 Å². The summed E-state index contributed by atoms with van der Waals surface area (Å²) in [4.78, 5) is 10.7. The molecule has 2 aromatic rings. The number of rotatable bonds is 8. The quantitative estimate of drug-likeness (QED) is 0.544. The number of aryl methyl sites for hydroxylation is 1. The van der Waals surface area contributed by atoms with Crippen LogP contribution in [-0.2, 0) is 6.42 Å². The van der Waals surface area contributed by atoms with Gasteiger partial charge in [-0.3, -0.25) is 4.79 Å². The maximum Gasteiger partial charge on any atom is 0.150 e. The fourth-order valence-electron chi connectivity index (χ4n) is 1.94. The number of aldehydes is 1. The van der Waals surface area contributed by atoms with Crippen molar-refractivity contribution in [1.29, 1.82) is 0 Å². The molecule has 0 aliphatic heterocycles. The smallest absolute Gasteiger partial charge is 0.150 e. The number of benzene rings is 2. The van der Waals surface area contributed by atoms with Gasteiger partial charge in [-0.15, -0.1) is 0 Å². The second-order valence-corrected chi connectivity index (χ2v) is 4.74. The summed E-state index contributed by atoms with van der Waals surface area (Å²) in [5.74, 6) is 1.60. The third kappa shape index (κ3) is 4.95. The first-order chi connectivity index (χ1) is 10.3. The minimum atomic E-state index is 0.565.